The van der Waals surface area contributed by atoms with Gasteiger partial charge in [-0.05, 0) is 24.3 Å². The van der Waals surface area contributed by atoms with Gasteiger partial charge < -0.3 is 30.5 Å². The number of benzene rings is 1. The fourth-order valence-corrected chi connectivity index (χ4v) is 3.10. The van der Waals surface area contributed by atoms with Crippen LogP contribution in [-0.2, 0) is 16.1 Å². The summed E-state index contributed by atoms with van der Waals surface area (Å²) in [4.78, 5) is 28.7. The van der Waals surface area contributed by atoms with Crippen molar-refractivity contribution in [2.45, 2.75) is 31.2 Å². The molecule has 0 unspecified atom stereocenters. The number of ether oxygens (including phenoxy) is 2. The van der Waals surface area contributed by atoms with Gasteiger partial charge in [-0.3, -0.25) is 9.78 Å². The summed E-state index contributed by atoms with van der Waals surface area (Å²) in [5.74, 6) is 0.426. The molecule has 3 amide bonds. The average Bonchev–Trinajstić information content (AvgIpc) is 2.79. The van der Waals surface area contributed by atoms with Crippen molar-refractivity contribution in [3.8, 4) is 5.75 Å². The van der Waals surface area contributed by atoms with Crippen LogP contribution in [0.5, 0.6) is 5.75 Å². The third-order valence-corrected chi connectivity index (χ3v) is 4.67. The van der Waals surface area contributed by atoms with Gasteiger partial charge >= 0.3 is 6.03 Å². The van der Waals surface area contributed by atoms with Crippen molar-refractivity contribution in [3.63, 3.8) is 0 Å². The maximum Gasteiger partial charge on any atom is 0.319 e. The first kappa shape index (κ1) is 22.3. The van der Waals surface area contributed by atoms with Crippen LogP contribution >= 0.6 is 0 Å². The molecule has 31 heavy (non-hydrogen) atoms. The lowest BCUT2D eigenvalue weighted by Crippen LogP contribution is -2.50. The largest absolute Gasteiger partial charge is 0.497 e. The van der Waals surface area contributed by atoms with Gasteiger partial charge in [0.2, 0.25) is 5.91 Å². The van der Waals surface area contributed by atoms with E-state index in [1.54, 1.807) is 49.7 Å². The number of nitrogens with one attached hydrogen (secondary N) is 3. The quantitative estimate of drug-likeness (QED) is 0.476. The van der Waals surface area contributed by atoms with Crippen molar-refractivity contribution in [3.05, 3.63) is 66.5 Å². The Hall–Kier alpha value is -3.43. The Morgan fingerprint density at radius 2 is 2.06 bits per heavy atom. The molecule has 164 valence electrons. The minimum atomic E-state index is -0.672. The van der Waals surface area contributed by atoms with Crippen molar-refractivity contribution < 1.29 is 24.2 Å². The Labute approximate surface area is 180 Å². The SMILES string of the molecule is COc1cccc(NC(=O)N[C@H]2C=C[C@@H](CC(=O)NCc3ccccn3)O[C@@H]2CO)c1. The molecule has 1 aliphatic heterocycles. The molecule has 0 bridgehead atoms. The minimum Gasteiger partial charge on any atom is -0.497 e. The van der Waals surface area contributed by atoms with Gasteiger partial charge in [0.25, 0.3) is 0 Å². The lowest BCUT2D eigenvalue weighted by Gasteiger charge is -2.31. The lowest BCUT2D eigenvalue weighted by atomic mass is 10.0. The smallest absolute Gasteiger partial charge is 0.319 e. The number of methoxy groups -OCH3 is 1. The monoisotopic (exact) mass is 426 g/mol. The maximum atomic E-state index is 12.3. The summed E-state index contributed by atoms with van der Waals surface area (Å²) in [7, 11) is 1.55. The highest BCUT2D eigenvalue weighted by atomic mass is 16.5. The summed E-state index contributed by atoms with van der Waals surface area (Å²) < 4.78 is 10.9. The van der Waals surface area contributed by atoms with E-state index >= 15 is 0 Å². The molecule has 0 aliphatic carbocycles. The van der Waals surface area contributed by atoms with Gasteiger partial charge in [-0.1, -0.05) is 24.3 Å². The number of hydrogen-bond donors (Lipinski definition) is 4. The number of aliphatic hydroxyl groups excluding tert-OH is 1. The van der Waals surface area contributed by atoms with E-state index in [-0.39, 0.29) is 18.9 Å². The molecule has 4 N–H and O–H groups in total. The molecule has 2 aromatic rings. The fourth-order valence-electron chi connectivity index (χ4n) is 3.10. The van der Waals surface area contributed by atoms with Crippen LogP contribution in [-0.4, -0.2) is 54.0 Å². The normalized spacial score (nSPS) is 20.0. The van der Waals surface area contributed by atoms with Crippen molar-refractivity contribution in [2.24, 2.45) is 0 Å². The second-order valence-corrected chi connectivity index (χ2v) is 6.94. The number of urea groups is 1. The highest BCUT2D eigenvalue weighted by Crippen LogP contribution is 2.18. The molecule has 0 fully saturated rings. The Kier molecular flexibility index (Phi) is 7.97. The molecule has 2 heterocycles. The lowest BCUT2D eigenvalue weighted by molar-refractivity contribution is -0.125. The van der Waals surface area contributed by atoms with Crippen LogP contribution in [0.1, 0.15) is 12.1 Å². The number of anilines is 1. The van der Waals surface area contributed by atoms with E-state index < -0.39 is 24.3 Å². The van der Waals surface area contributed by atoms with Gasteiger partial charge in [-0.2, -0.15) is 0 Å². The topological polar surface area (TPSA) is 122 Å². The zero-order chi connectivity index (χ0) is 22.1. The van der Waals surface area contributed by atoms with Gasteiger partial charge in [0.05, 0.1) is 44.5 Å². The molecule has 0 saturated carbocycles. The zero-order valence-electron chi connectivity index (χ0n) is 17.2. The number of aliphatic hydroxyl groups is 1. The summed E-state index contributed by atoms with van der Waals surface area (Å²) in [6.45, 7) is 0.0225. The third kappa shape index (κ3) is 6.80. The van der Waals surface area contributed by atoms with Gasteiger partial charge in [0.1, 0.15) is 11.9 Å². The molecule has 0 spiro atoms. The van der Waals surface area contributed by atoms with Crippen LogP contribution in [0, 0.1) is 0 Å². The number of carbonyl (C=O) groups is 2. The second-order valence-electron chi connectivity index (χ2n) is 6.94. The van der Waals surface area contributed by atoms with E-state index in [9.17, 15) is 14.7 Å². The van der Waals surface area contributed by atoms with Crippen LogP contribution in [0.4, 0.5) is 10.5 Å². The van der Waals surface area contributed by atoms with Crippen molar-refractivity contribution >= 4 is 17.6 Å². The molecule has 0 saturated heterocycles. The van der Waals surface area contributed by atoms with Crippen LogP contribution < -0.4 is 20.7 Å². The van der Waals surface area contributed by atoms with Gasteiger partial charge in [-0.15, -0.1) is 0 Å². The van der Waals surface area contributed by atoms with Crippen molar-refractivity contribution in [2.75, 3.05) is 19.0 Å². The summed E-state index contributed by atoms with van der Waals surface area (Å²) in [5, 5.41) is 17.9. The van der Waals surface area contributed by atoms with E-state index in [2.05, 4.69) is 20.9 Å². The fraction of sp³-hybridized carbons (Fsp3) is 0.318. The van der Waals surface area contributed by atoms with Crippen LogP contribution in [0.3, 0.4) is 0 Å². The first-order valence-electron chi connectivity index (χ1n) is 9.90. The molecule has 1 aliphatic rings. The van der Waals surface area contributed by atoms with Gasteiger partial charge in [0.15, 0.2) is 0 Å². The van der Waals surface area contributed by atoms with Gasteiger partial charge in [-0.25, -0.2) is 4.79 Å². The Morgan fingerprint density at radius 1 is 1.19 bits per heavy atom. The van der Waals surface area contributed by atoms with E-state index in [4.69, 9.17) is 9.47 Å². The summed E-state index contributed by atoms with van der Waals surface area (Å²) in [5.41, 5.74) is 1.33. The highest BCUT2D eigenvalue weighted by Gasteiger charge is 2.29. The summed E-state index contributed by atoms with van der Waals surface area (Å²) in [6, 6.07) is 11.5. The molecule has 1 aromatic carbocycles. The highest BCUT2D eigenvalue weighted by molar-refractivity contribution is 5.89. The maximum absolute atomic E-state index is 12.3. The standard InChI is InChI=1S/C22H26N4O5/c1-30-17-7-4-6-15(11-17)25-22(29)26-19-9-8-18(31-20(19)14-27)12-21(28)24-13-16-5-2-3-10-23-16/h2-11,18-20,27H,12-14H2,1H3,(H,24,28)(H2,25,26,29)/t18-,19-,20+/m0/s1. The zero-order valence-corrected chi connectivity index (χ0v) is 17.2. The predicted molar refractivity (Wildman–Crippen MR) is 115 cm³/mol. The van der Waals surface area contributed by atoms with E-state index in [0.717, 1.165) is 5.69 Å². The summed E-state index contributed by atoms with van der Waals surface area (Å²) in [6.07, 6.45) is 4.03. The van der Waals surface area contributed by atoms with Gasteiger partial charge in [0, 0.05) is 18.0 Å². The molecule has 9 nitrogen and oxygen atoms in total. The van der Waals surface area contributed by atoms with Crippen molar-refractivity contribution in [1.82, 2.24) is 15.6 Å². The van der Waals surface area contributed by atoms with Crippen molar-refractivity contribution in [1.29, 1.82) is 0 Å². The van der Waals surface area contributed by atoms with Crippen LogP contribution in [0.2, 0.25) is 0 Å². The Bertz CT molecular complexity index is 906. The molecular formula is C22H26N4O5. The predicted octanol–water partition coefficient (Wildman–Crippen LogP) is 1.60. The molecular weight excluding hydrogens is 400 g/mol. The number of pyridine rings is 1. The number of hydrogen-bond acceptors (Lipinski definition) is 6. The number of nitrogens with zero attached hydrogens (tertiary/aromatic N) is 1. The Morgan fingerprint density at radius 3 is 2.81 bits per heavy atom. The number of rotatable bonds is 8. The van der Waals surface area contributed by atoms with Crippen LogP contribution in [0.15, 0.2) is 60.8 Å². The Balaban J connectivity index is 1.49. The molecule has 9 heteroatoms. The van der Waals surface area contributed by atoms with E-state index in [0.29, 0.717) is 18.0 Å². The first-order valence-corrected chi connectivity index (χ1v) is 9.90. The molecule has 3 rings (SSSR count). The van der Waals surface area contributed by atoms with Crippen LogP contribution in [0.25, 0.3) is 0 Å². The number of aromatic nitrogens is 1. The number of carbonyl (C=O) groups excluding carboxylic acids is 2. The second kappa shape index (κ2) is 11.1. The third-order valence-electron chi connectivity index (χ3n) is 4.67. The molecule has 3 atom stereocenters. The average molecular weight is 426 g/mol. The number of amides is 3. The van der Waals surface area contributed by atoms with E-state index in [1.807, 2.05) is 18.2 Å². The summed E-state index contributed by atoms with van der Waals surface area (Å²) >= 11 is 0. The molecule has 0 radical (unpaired) electrons. The minimum absolute atomic E-state index is 0.0998. The first-order chi connectivity index (χ1) is 15.1. The molecule has 1 aromatic heterocycles. The van der Waals surface area contributed by atoms with E-state index in [1.165, 1.54) is 0 Å².